The monoisotopic (exact) mass is 220 g/mol. The van der Waals surface area contributed by atoms with Gasteiger partial charge in [-0.15, -0.1) is 0 Å². The van der Waals surface area contributed by atoms with Crippen molar-refractivity contribution in [3.63, 3.8) is 0 Å². The summed E-state index contributed by atoms with van der Waals surface area (Å²) >= 11 is 0. The van der Waals surface area contributed by atoms with Crippen molar-refractivity contribution in [1.82, 2.24) is 4.90 Å². The summed E-state index contributed by atoms with van der Waals surface area (Å²) in [5.41, 5.74) is 5.26. The SMILES string of the molecule is NCCC(=O)N1CCCS(=O)(=O)CC1. The van der Waals surface area contributed by atoms with Crippen LogP contribution in [0.15, 0.2) is 0 Å². The van der Waals surface area contributed by atoms with E-state index in [1.807, 2.05) is 0 Å². The Morgan fingerprint density at radius 2 is 2.00 bits per heavy atom. The fourth-order valence-corrected chi connectivity index (χ4v) is 2.74. The number of hydrogen-bond donors (Lipinski definition) is 1. The van der Waals surface area contributed by atoms with Crippen LogP contribution in [-0.2, 0) is 14.6 Å². The Hall–Kier alpha value is -0.620. The maximum Gasteiger partial charge on any atom is 0.223 e. The molecule has 0 spiro atoms. The van der Waals surface area contributed by atoms with Gasteiger partial charge >= 0.3 is 0 Å². The zero-order valence-electron chi connectivity index (χ0n) is 8.11. The largest absolute Gasteiger partial charge is 0.342 e. The highest BCUT2D eigenvalue weighted by atomic mass is 32.2. The van der Waals surface area contributed by atoms with Crippen molar-refractivity contribution in [2.24, 2.45) is 5.73 Å². The van der Waals surface area contributed by atoms with Crippen molar-refractivity contribution in [3.05, 3.63) is 0 Å². The summed E-state index contributed by atoms with van der Waals surface area (Å²) < 4.78 is 22.5. The van der Waals surface area contributed by atoms with Crippen LogP contribution in [0.2, 0.25) is 0 Å². The lowest BCUT2D eigenvalue weighted by molar-refractivity contribution is -0.130. The van der Waals surface area contributed by atoms with E-state index in [0.717, 1.165) is 0 Å². The third-order valence-electron chi connectivity index (χ3n) is 2.27. The molecule has 1 aliphatic heterocycles. The van der Waals surface area contributed by atoms with E-state index in [0.29, 0.717) is 32.5 Å². The van der Waals surface area contributed by atoms with Gasteiger partial charge in [0.05, 0.1) is 11.5 Å². The molecule has 1 saturated heterocycles. The third kappa shape index (κ3) is 3.26. The summed E-state index contributed by atoms with van der Waals surface area (Å²) in [5.74, 6) is 0.243. The van der Waals surface area contributed by atoms with Gasteiger partial charge in [0.15, 0.2) is 9.84 Å². The Labute approximate surface area is 84.2 Å². The number of amides is 1. The van der Waals surface area contributed by atoms with Crippen molar-refractivity contribution < 1.29 is 13.2 Å². The molecule has 0 saturated carbocycles. The van der Waals surface area contributed by atoms with Gasteiger partial charge in [-0.1, -0.05) is 0 Å². The predicted octanol–water partition coefficient (Wildman–Crippen LogP) is -1.02. The van der Waals surface area contributed by atoms with Gasteiger partial charge in [-0.3, -0.25) is 4.79 Å². The number of carbonyl (C=O) groups is 1. The summed E-state index contributed by atoms with van der Waals surface area (Å²) in [6.45, 7) is 1.18. The van der Waals surface area contributed by atoms with Crippen molar-refractivity contribution >= 4 is 15.7 Å². The normalized spacial score (nSPS) is 21.6. The molecule has 6 heteroatoms. The molecule has 0 aliphatic carbocycles. The number of carbonyl (C=O) groups excluding carboxylic acids is 1. The highest BCUT2D eigenvalue weighted by molar-refractivity contribution is 7.91. The Balaban J connectivity index is 2.54. The van der Waals surface area contributed by atoms with Crippen LogP contribution in [-0.4, -0.2) is 50.4 Å². The van der Waals surface area contributed by atoms with Gasteiger partial charge in [0.2, 0.25) is 5.91 Å². The van der Waals surface area contributed by atoms with Crippen molar-refractivity contribution in [2.75, 3.05) is 31.1 Å². The number of rotatable bonds is 2. The van der Waals surface area contributed by atoms with E-state index in [9.17, 15) is 13.2 Å². The van der Waals surface area contributed by atoms with Crippen molar-refractivity contribution in [1.29, 1.82) is 0 Å². The maximum atomic E-state index is 11.4. The van der Waals surface area contributed by atoms with Crippen LogP contribution in [0, 0.1) is 0 Å². The molecular weight excluding hydrogens is 204 g/mol. The molecule has 0 aromatic heterocycles. The van der Waals surface area contributed by atoms with Gasteiger partial charge in [-0.25, -0.2) is 8.42 Å². The lowest BCUT2D eigenvalue weighted by atomic mass is 10.3. The number of sulfone groups is 1. The lowest BCUT2D eigenvalue weighted by Gasteiger charge is -2.18. The minimum absolute atomic E-state index is 0.0374. The Morgan fingerprint density at radius 1 is 1.29 bits per heavy atom. The minimum Gasteiger partial charge on any atom is -0.342 e. The zero-order valence-corrected chi connectivity index (χ0v) is 8.92. The molecular formula is C8H16N2O3S. The van der Waals surface area contributed by atoms with Crippen LogP contribution in [0.3, 0.4) is 0 Å². The zero-order chi connectivity index (χ0) is 10.6. The summed E-state index contributed by atoms with van der Waals surface area (Å²) in [6.07, 6.45) is 0.846. The first-order chi connectivity index (χ1) is 6.55. The predicted molar refractivity (Wildman–Crippen MR) is 53.5 cm³/mol. The van der Waals surface area contributed by atoms with Crippen LogP contribution >= 0.6 is 0 Å². The molecule has 1 heterocycles. The van der Waals surface area contributed by atoms with E-state index in [1.54, 1.807) is 4.90 Å². The van der Waals surface area contributed by atoms with Gasteiger partial charge in [0, 0.05) is 26.1 Å². The van der Waals surface area contributed by atoms with Gasteiger partial charge in [0.1, 0.15) is 0 Å². The molecule has 0 aromatic rings. The molecule has 0 radical (unpaired) electrons. The average molecular weight is 220 g/mol. The van der Waals surface area contributed by atoms with E-state index < -0.39 is 9.84 Å². The molecule has 1 rings (SSSR count). The fraction of sp³-hybridized carbons (Fsp3) is 0.875. The molecule has 82 valence electrons. The maximum absolute atomic E-state index is 11.4. The van der Waals surface area contributed by atoms with E-state index in [-0.39, 0.29) is 17.4 Å². The van der Waals surface area contributed by atoms with E-state index >= 15 is 0 Å². The van der Waals surface area contributed by atoms with Crippen LogP contribution in [0.25, 0.3) is 0 Å². The second-order valence-corrected chi connectivity index (χ2v) is 5.73. The molecule has 14 heavy (non-hydrogen) atoms. The van der Waals surface area contributed by atoms with Gasteiger partial charge in [-0.05, 0) is 6.42 Å². The molecule has 1 aliphatic rings. The molecule has 5 nitrogen and oxygen atoms in total. The Bertz CT molecular complexity index is 300. The first-order valence-corrected chi connectivity index (χ1v) is 6.55. The van der Waals surface area contributed by atoms with E-state index in [2.05, 4.69) is 0 Å². The summed E-state index contributed by atoms with van der Waals surface area (Å²) in [7, 11) is -2.93. The van der Waals surface area contributed by atoms with E-state index in [1.165, 1.54) is 0 Å². The first kappa shape index (κ1) is 11.5. The second-order valence-electron chi connectivity index (χ2n) is 3.42. The average Bonchev–Trinajstić information content (AvgIpc) is 2.27. The Morgan fingerprint density at radius 3 is 2.64 bits per heavy atom. The van der Waals surface area contributed by atoms with E-state index in [4.69, 9.17) is 5.73 Å². The Kier molecular flexibility index (Phi) is 3.88. The van der Waals surface area contributed by atoms with Crippen LogP contribution < -0.4 is 5.73 Å². The van der Waals surface area contributed by atoms with Crippen molar-refractivity contribution in [3.8, 4) is 0 Å². The molecule has 1 fully saturated rings. The minimum atomic E-state index is -2.93. The number of hydrogen-bond acceptors (Lipinski definition) is 4. The third-order valence-corrected chi connectivity index (χ3v) is 3.98. The highest BCUT2D eigenvalue weighted by Crippen LogP contribution is 2.05. The van der Waals surface area contributed by atoms with Gasteiger partial charge < -0.3 is 10.6 Å². The molecule has 1 amide bonds. The summed E-state index contributed by atoms with van der Waals surface area (Å²) in [4.78, 5) is 13.0. The molecule has 2 N–H and O–H groups in total. The summed E-state index contributed by atoms with van der Waals surface area (Å²) in [6, 6.07) is 0. The number of nitrogens with zero attached hydrogens (tertiary/aromatic N) is 1. The second kappa shape index (κ2) is 4.75. The van der Waals surface area contributed by atoms with Crippen LogP contribution in [0.5, 0.6) is 0 Å². The quantitative estimate of drug-likeness (QED) is 0.646. The molecule has 0 bridgehead atoms. The standard InChI is InChI=1S/C8H16N2O3S/c9-3-2-8(11)10-4-1-6-14(12,13)7-5-10/h1-7,9H2. The number of nitrogens with two attached hydrogens (primary N) is 1. The smallest absolute Gasteiger partial charge is 0.223 e. The van der Waals surface area contributed by atoms with Gasteiger partial charge in [0.25, 0.3) is 0 Å². The molecule has 0 unspecified atom stereocenters. The highest BCUT2D eigenvalue weighted by Gasteiger charge is 2.21. The van der Waals surface area contributed by atoms with Crippen LogP contribution in [0.1, 0.15) is 12.8 Å². The van der Waals surface area contributed by atoms with Crippen molar-refractivity contribution in [2.45, 2.75) is 12.8 Å². The van der Waals surface area contributed by atoms with Crippen LogP contribution in [0.4, 0.5) is 0 Å². The summed E-state index contributed by atoms with van der Waals surface area (Å²) in [5, 5.41) is 0. The first-order valence-electron chi connectivity index (χ1n) is 4.73. The molecule has 0 aromatic carbocycles. The fourth-order valence-electron chi connectivity index (χ4n) is 1.47. The molecule has 0 atom stereocenters. The lowest BCUT2D eigenvalue weighted by Crippen LogP contribution is -2.34. The van der Waals surface area contributed by atoms with Gasteiger partial charge in [-0.2, -0.15) is 0 Å². The topological polar surface area (TPSA) is 80.5 Å².